The second-order valence-electron chi connectivity index (χ2n) is 3.32. The van der Waals surface area contributed by atoms with Crippen molar-refractivity contribution in [2.45, 2.75) is 19.3 Å². The number of rotatable bonds is 3. The molecule has 1 rings (SSSR count). The van der Waals surface area contributed by atoms with Crippen LogP contribution in [-0.2, 0) is 10.3 Å². The van der Waals surface area contributed by atoms with Crippen molar-refractivity contribution in [2.75, 3.05) is 6.61 Å². The van der Waals surface area contributed by atoms with Crippen molar-refractivity contribution < 1.29 is 4.84 Å². The van der Waals surface area contributed by atoms with E-state index in [1.807, 2.05) is 13.8 Å². The van der Waals surface area contributed by atoms with Crippen LogP contribution < -0.4 is 5.90 Å². The van der Waals surface area contributed by atoms with E-state index in [0.717, 1.165) is 5.56 Å². The van der Waals surface area contributed by atoms with Crippen molar-refractivity contribution in [3.63, 3.8) is 0 Å². The van der Waals surface area contributed by atoms with Crippen LogP contribution in [0.2, 0.25) is 0 Å². The zero-order valence-corrected chi connectivity index (χ0v) is 7.32. The van der Waals surface area contributed by atoms with Crippen LogP contribution in [0.5, 0.6) is 0 Å². The highest BCUT2D eigenvalue weighted by molar-refractivity contribution is 5.15. The molecule has 4 heteroatoms. The van der Waals surface area contributed by atoms with Crippen LogP contribution in [-0.4, -0.2) is 16.6 Å². The van der Waals surface area contributed by atoms with E-state index in [4.69, 9.17) is 5.90 Å². The number of nitrogens with zero attached hydrogens (tertiary/aromatic N) is 2. The Bertz CT molecular complexity index is 235. The first-order chi connectivity index (χ1) is 5.67. The first-order valence-corrected chi connectivity index (χ1v) is 3.74. The van der Waals surface area contributed by atoms with E-state index in [-0.39, 0.29) is 5.41 Å². The number of hydrogen-bond donors (Lipinski definition) is 1. The molecule has 1 aromatic heterocycles. The molecule has 0 aliphatic rings. The molecule has 0 saturated heterocycles. The molecule has 0 bridgehead atoms. The van der Waals surface area contributed by atoms with Crippen LogP contribution in [0.25, 0.3) is 0 Å². The lowest BCUT2D eigenvalue weighted by molar-refractivity contribution is 0.0962. The molecule has 0 atom stereocenters. The van der Waals surface area contributed by atoms with Crippen molar-refractivity contribution in [3.8, 4) is 0 Å². The van der Waals surface area contributed by atoms with Crippen molar-refractivity contribution in [3.05, 3.63) is 24.3 Å². The second-order valence-corrected chi connectivity index (χ2v) is 3.32. The summed E-state index contributed by atoms with van der Waals surface area (Å²) in [6.07, 6.45) is 5.04. The highest BCUT2D eigenvalue weighted by atomic mass is 16.6. The van der Waals surface area contributed by atoms with Gasteiger partial charge < -0.3 is 4.84 Å². The maximum atomic E-state index is 5.01. The molecule has 66 valence electrons. The summed E-state index contributed by atoms with van der Waals surface area (Å²) in [5.41, 5.74) is 0.895. The third-order valence-electron chi connectivity index (χ3n) is 1.79. The quantitative estimate of drug-likeness (QED) is 0.671. The van der Waals surface area contributed by atoms with Crippen LogP contribution >= 0.6 is 0 Å². The first-order valence-electron chi connectivity index (χ1n) is 3.74. The van der Waals surface area contributed by atoms with Crippen molar-refractivity contribution >= 4 is 0 Å². The van der Waals surface area contributed by atoms with Gasteiger partial charge >= 0.3 is 0 Å². The minimum Gasteiger partial charge on any atom is -0.304 e. The average Bonchev–Trinajstić information content (AvgIpc) is 2.06. The van der Waals surface area contributed by atoms with Gasteiger partial charge in [-0.05, 0) is 5.56 Å². The highest BCUT2D eigenvalue weighted by Gasteiger charge is 2.20. The molecule has 0 aromatic carbocycles. The van der Waals surface area contributed by atoms with E-state index in [0.29, 0.717) is 6.61 Å². The van der Waals surface area contributed by atoms with Gasteiger partial charge in [-0.1, -0.05) is 13.8 Å². The van der Waals surface area contributed by atoms with Gasteiger partial charge in [-0.25, -0.2) is 15.9 Å². The Hall–Kier alpha value is -1.00. The monoisotopic (exact) mass is 167 g/mol. The predicted octanol–water partition coefficient (Wildman–Crippen LogP) is 0.644. The lowest BCUT2D eigenvalue weighted by atomic mass is 9.88. The molecule has 1 aromatic rings. The molecular formula is C8H13N3O. The molecule has 0 spiro atoms. The van der Waals surface area contributed by atoms with E-state index in [2.05, 4.69) is 14.8 Å². The summed E-state index contributed by atoms with van der Waals surface area (Å²) in [6.45, 7) is 4.51. The Kier molecular flexibility index (Phi) is 2.73. The zero-order valence-electron chi connectivity index (χ0n) is 7.32. The van der Waals surface area contributed by atoms with Gasteiger partial charge in [0.1, 0.15) is 6.33 Å². The summed E-state index contributed by atoms with van der Waals surface area (Å²) < 4.78 is 0. The molecule has 4 nitrogen and oxygen atoms in total. The maximum Gasteiger partial charge on any atom is 0.115 e. The summed E-state index contributed by atoms with van der Waals surface area (Å²) in [4.78, 5) is 12.5. The van der Waals surface area contributed by atoms with Crippen LogP contribution in [0.3, 0.4) is 0 Å². The number of hydrogen-bond acceptors (Lipinski definition) is 4. The summed E-state index contributed by atoms with van der Waals surface area (Å²) in [6, 6.07) is 0. The summed E-state index contributed by atoms with van der Waals surface area (Å²) in [5, 5.41) is 0. The van der Waals surface area contributed by atoms with Gasteiger partial charge in [0.25, 0.3) is 0 Å². The van der Waals surface area contributed by atoms with Gasteiger partial charge in [0.2, 0.25) is 0 Å². The molecule has 0 amide bonds. The zero-order chi connectivity index (χ0) is 9.03. The van der Waals surface area contributed by atoms with Crippen LogP contribution in [0.1, 0.15) is 19.4 Å². The van der Waals surface area contributed by atoms with Crippen molar-refractivity contribution in [2.24, 2.45) is 5.90 Å². The minimum absolute atomic E-state index is 0.129. The van der Waals surface area contributed by atoms with E-state index in [1.165, 1.54) is 6.33 Å². The van der Waals surface area contributed by atoms with Crippen molar-refractivity contribution in [1.82, 2.24) is 9.97 Å². The molecule has 0 aliphatic carbocycles. The fraction of sp³-hybridized carbons (Fsp3) is 0.500. The Morgan fingerprint density at radius 2 is 2.00 bits per heavy atom. The van der Waals surface area contributed by atoms with Gasteiger partial charge in [0.05, 0.1) is 6.61 Å². The SMILES string of the molecule is CC(C)(CON)c1cncnc1. The van der Waals surface area contributed by atoms with Gasteiger partial charge in [-0.2, -0.15) is 0 Å². The third-order valence-corrected chi connectivity index (χ3v) is 1.79. The van der Waals surface area contributed by atoms with E-state index >= 15 is 0 Å². The lowest BCUT2D eigenvalue weighted by Crippen LogP contribution is -2.26. The Balaban J connectivity index is 2.82. The number of nitrogens with two attached hydrogens (primary N) is 1. The van der Waals surface area contributed by atoms with E-state index < -0.39 is 0 Å². The summed E-state index contributed by atoms with van der Waals surface area (Å²) >= 11 is 0. The molecule has 0 unspecified atom stereocenters. The predicted molar refractivity (Wildman–Crippen MR) is 45.2 cm³/mol. The number of aromatic nitrogens is 2. The van der Waals surface area contributed by atoms with Gasteiger partial charge in [-0.3, -0.25) is 0 Å². The van der Waals surface area contributed by atoms with Crippen molar-refractivity contribution in [1.29, 1.82) is 0 Å². The third kappa shape index (κ3) is 1.99. The Morgan fingerprint density at radius 3 is 2.50 bits per heavy atom. The molecule has 2 N–H and O–H groups in total. The second kappa shape index (κ2) is 3.60. The minimum atomic E-state index is -0.129. The molecule has 1 heterocycles. The topological polar surface area (TPSA) is 61.0 Å². The molecular weight excluding hydrogens is 154 g/mol. The van der Waals surface area contributed by atoms with Crippen LogP contribution in [0.15, 0.2) is 18.7 Å². The summed E-state index contributed by atoms with van der Waals surface area (Å²) in [7, 11) is 0. The molecule has 12 heavy (non-hydrogen) atoms. The van der Waals surface area contributed by atoms with Crippen LogP contribution in [0, 0.1) is 0 Å². The van der Waals surface area contributed by atoms with E-state index in [9.17, 15) is 0 Å². The average molecular weight is 167 g/mol. The first kappa shape index (κ1) is 9.09. The normalized spacial score (nSPS) is 11.6. The van der Waals surface area contributed by atoms with Crippen LogP contribution in [0.4, 0.5) is 0 Å². The molecule has 0 radical (unpaired) electrons. The largest absolute Gasteiger partial charge is 0.304 e. The fourth-order valence-electron chi connectivity index (χ4n) is 0.940. The Labute approximate surface area is 71.7 Å². The van der Waals surface area contributed by atoms with E-state index in [1.54, 1.807) is 12.4 Å². The van der Waals surface area contributed by atoms with Gasteiger partial charge in [-0.15, -0.1) is 0 Å². The summed E-state index contributed by atoms with van der Waals surface area (Å²) in [5.74, 6) is 5.01. The lowest BCUT2D eigenvalue weighted by Gasteiger charge is -2.22. The smallest absolute Gasteiger partial charge is 0.115 e. The highest BCUT2D eigenvalue weighted by Crippen LogP contribution is 2.20. The van der Waals surface area contributed by atoms with Gasteiger partial charge in [0.15, 0.2) is 0 Å². The molecule has 0 saturated carbocycles. The standard InChI is InChI=1S/C8H13N3O/c1-8(2,5-12-9)7-3-10-6-11-4-7/h3-4,6H,5,9H2,1-2H3. The Morgan fingerprint density at radius 1 is 1.42 bits per heavy atom. The molecule has 0 aliphatic heterocycles. The maximum absolute atomic E-state index is 5.01. The van der Waals surface area contributed by atoms with Gasteiger partial charge in [0, 0.05) is 17.8 Å². The fourth-order valence-corrected chi connectivity index (χ4v) is 0.940. The molecule has 0 fully saturated rings.